The van der Waals surface area contributed by atoms with E-state index in [1.807, 2.05) is 0 Å². The first-order valence-corrected chi connectivity index (χ1v) is 8.96. The number of aliphatic hydroxyl groups excluding tert-OH is 4. The van der Waals surface area contributed by atoms with Gasteiger partial charge >= 0.3 is 0 Å². The average molecular weight is 430 g/mol. The maximum atomic E-state index is 14.1. The molecule has 0 unspecified atom stereocenters. The third-order valence-electron chi connectivity index (χ3n) is 4.13. The van der Waals surface area contributed by atoms with Crippen molar-refractivity contribution in [3.05, 3.63) is 28.8 Å². The summed E-state index contributed by atoms with van der Waals surface area (Å²) < 4.78 is 71.2. The van der Waals surface area contributed by atoms with E-state index in [9.17, 15) is 17.6 Å². The van der Waals surface area contributed by atoms with Crippen LogP contribution in [-0.2, 0) is 9.47 Å². The van der Waals surface area contributed by atoms with Crippen LogP contribution in [0.25, 0.3) is 0 Å². The van der Waals surface area contributed by atoms with Gasteiger partial charge in [-0.2, -0.15) is 8.78 Å². The summed E-state index contributed by atoms with van der Waals surface area (Å²) in [5, 5.41) is 35.9. The van der Waals surface area contributed by atoms with Gasteiger partial charge in [0.2, 0.25) is 11.6 Å². The van der Waals surface area contributed by atoms with E-state index in [1.54, 1.807) is 0 Å². The lowest BCUT2D eigenvalue weighted by molar-refractivity contribution is -0.0422. The number of aliphatic hydroxyl groups is 4. The van der Waals surface area contributed by atoms with Crippen molar-refractivity contribution in [2.24, 2.45) is 0 Å². The number of halogens is 4. The highest BCUT2D eigenvalue weighted by atomic mass is 19.2. The summed E-state index contributed by atoms with van der Waals surface area (Å²) >= 11 is 0. The van der Waals surface area contributed by atoms with Crippen molar-refractivity contribution < 1.29 is 52.2 Å². The van der Waals surface area contributed by atoms with Crippen molar-refractivity contribution in [3.63, 3.8) is 0 Å². The largest absolute Gasteiger partial charge is 0.484 e. The fraction of sp³-hybridized carbons (Fsp3) is 0.667. The van der Waals surface area contributed by atoms with Crippen LogP contribution in [0.1, 0.15) is 18.4 Å². The van der Waals surface area contributed by atoms with Crippen LogP contribution in [0.2, 0.25) is 0 Å². The van der Waals surface area contributed by atoms with E-state index in [1.165, 1.54) is 0 Å². The summed E-state index contributed by atoms with van der Waals surface area (Å²) in [6, 6.07) is 0. The standard InChI is InChI=1S/C18H26F4O7/c1-10-14(19)16(21)18(17(22)15(10)20)29-11(2-4-27-12(6-23)7-24)3-5-28-13(8-25)9-26/h11-13,23-26H,2-9H2,1H3. The van der Waals surface area contributed by atoms with Gasteiger partial charge in [-0.1, -0.05) is 0 Å². The highest BCUT2D eigenvalue weighted by molar-refractivity contribution is 5.33. The predicted molar refractivity (Wildman–Crippen MR) is 92.5 cm³/mol. The number of benzene rings is 1. The molecular formula is C18H26F4O7. The third-order valence-corrected chi connectivity index (χ3v) is 4.13. The van der Waals surface area contributed by atoms with Crippen LogP contribution in [0, 0.1) is 30.2 Å². The molecule has 0 aliphatic heterocycles. The Morgan fingerprint density at radius 3 is 1.38 bits per heavy atom. The Morgan fingerprint density at radius 2 is 1.03 bits per heavy atom. The number of hydrogen-bond donors (Lipinski definition) is 4. The van der Waals surface area contributed by atoms with Gasteiger partial charge in [-0.05, 0) is 6.92 Å². The van der Waals surface area contributed by atoms with E-state index in [0.29, 0.717) is 0 Å². The van der Waals surface area contributed by atoms with Crippen LogP contribution in [0.4, 0.5) is 17.6 Å². The number of hydrogen-bond acceptors (Lipinski definition) is 7. The molecule has 0 saturated carbocycles. The quantitative estimate of drug-likeness (QED) is 0.256. The van der Waals surface area contributed by atoms with Crippen LogP contribution in [0.15, 0.2) is 0 Å². The lowest BCUT2D eigenvalue weighted by Crippen LogP contribution is -2.29. The van der Waals surface area contributed by atoms with Crippen molar-refractivity contribution in [2.75, 3.05) is 39.6 Å². The molecule has 0 bridgehead atoms. The minimum atomic E-state index is -1.68. The van der Waals surface area contributed by atoms with Gasteiger partial charge < -0.3 is 34.6 Å². The predicted octanol–water partition coefficient (Wildman–Crippen LogP) is 0.819. The molecule has 0 radical (unpaired) electrons. The minimum Gasteiger partial charge on any atom is -0.484 e. The first-order chi connectivity index (χ1) is 13.8. The first kappa shape index (κ1) is 25.5. The Kier molecular flexibility index (Phi) is 11.4. The second-order valence-electron chi connectivity index (χ2n) is 6.24. The molecule has 11 heteroatoms. The van der Waals surface area contributed by atoms with Gasteiger partial charge in [-0.15, -0.1) is 0 Å². The van der Waals surface area contributed by atoms with Gasteiger partial charge in [0, 0.05) is 18.4 Å². The van der Waals surface area contributed by atoms with Crippen LogP contribution in [0.3, 0.4) is 0 Å². The van der Waals surface area contributed by atoms with Crippen molar-refractivity contribution in [1.82, 2.24) is 0 Å². The highest BCUT2D eigenvalue weighted by Crippen LogP contribution is 2.31. The zero-order valence-electron chi connectivity index (χ0n) is 15.9. The molecule has 1 rings (SSSR count). The maximum Gasteiger partial charge on any atom is 0.204 e. The van der Waals surface area contributed by atoms with Crippen LogP contribution < -0.4 is 4.74 Å². The Morgan fingerprint density at radius 1 is 0.655 bits per heavy atom. The molecule has 1 aromatic carbocycles. The molecule has 0 fully saturated rings. The Balaban J connectivity index is 2.90. The second kappa shape index (κ2) is 12.9. The fourth-order valence-electron chi connectivity index (χ4n) is 2.31. The van der Waals surface area contributed by atoms with Crippen molar-refractivity contribution in [2.45, 2.75) is 38.1 Å². The van der Waals surface area contributed by atoms with E-state index in [4.69, 9.17) is 34.6 Å². The summed E-state index contributed by atoms with van der Waals surface area (Å²) in [5.74, 6) is -7.74. The smallest absolute Gasteiger partial charge is 0.204 e. The van der Waals surface area contributed by atoms with Gasteiger partial charge in [0.05, 0.1) is 39.6 Å². The number of ether oxygens (including phenoxy) is 3. The Bertz CT molecular complexity index is 578. The Hall–Kier alpha value is -1.50. The van der Waals surface area contributed by atoms with Gasteiger partial charge in [-0.25, -0.2) is 8.78 Å². The van der Waals surface area contributed by atoms with Gasteiger partial charge in [0.15, 0.2) is 17.4 Å². The summed E-state index contributed by atoms with van der Waals surface area (Å²) in [6.45, 7) is -1.18. The lowest BCUT2D eigenvalue weighted by atomic mass is 10.1. The fourth-order valence-corrected chi connectivity index (χ4v) is 2.31. The molecule has 7 nitrogen and oxygen atoms in total. The van der Waals surface area contributed by atoms with E-state index in [-0.39, 0.29) is 26.1 Å². The lowest BCUT2D eigenvalue weighted by Gasteiger charge is -2.22. The summed E-state index contributed by atoms with van der Waals surface area (Å²) in [4.78, 5) is 0. The number of rotatable bonds is 14. The monoisotopic (exact) mass is 430 g/mol. The topological polar surface area (TPSA) is 109 Å². The molecule has 1 aromatic rings. The SMILES string of the molecule is Cc1c(F)c(F)c(OC(CCOC(CO)CO)CCOC(CO)CO)c(F)c1F. The summed E-state index contributed by atoms with van der Waals surface area (Å²) in [6.07, 6.45) is -2.83. The first-order valence-electron chi connectivity index (χ1n) is 8.96. The Labute approximate surface area is 165 Å². The molecule has 0 aliphatic rings. The van der Waals surface area contributed by atoms with E-state index in [0.717, 1.165) is 6.92 Å². The molecule has 0 heterocycles. The van der Waals surface area contributed by atoms with Crippen LogP contribution in [-0.4, -0.2) is 78.4 Å². The van der Waals surface area contributed by atoms with E-state index in [2.05, 4.69) is 0 Å². The van der Waals surface area contributed by atoms with Gasteiger partial charge in [0.1, 0.15) is 18.3 Å². The van der Waals surface area contributed by atoms with E-state index >= 15 is 0 Å². The van der Waals surface area contributed by atoms with Crippen LogP contribution in [0.5, 0.6) is 5.75 Å². The second-order valence-corrected chi connectivity index (χ2v) is 6.24. The molecule has 0 atom stereocenters. The zero-order valence-corrected chi connectivity index (χ0v) is 15.9. The average Bonchev–Trinajstić information content (AvgIpc) is 2.73. The van der Waals surface area contributed by atoms with Gasteiger partial charge in [0.25, 0.3) is 0 Å². The third kappa shape index (κ3) is 7.36. The molecular weight excluding hydrogens is 404 g/mol. The highest BCUT2D eigenvalue weighted by Gasteiger charge is 2.27. The molecule has 0 spiro atoms. The molecule has 29 heavy (non-hydrogen) atoms. The minimum absolute atomic E-state index is 0.0290. The molecule has 0 amide bonds. The van der Waals surface area contributed by atoms with Gasteiger partial charge in [-0.3, -0.25) is 0 Å². The van der Waals surface area contributed by atoms with Crippen LogP contribution >= 0.6 is 0 Å². The van der Waals surface area contributed by atoms with Crippen molar-refractivity contribution >= 4 is 0 Å². The molecule has 0 aliphatic carbocycles. The zero-order chi connectivity index (χ0) is 22.0. The van der Waals surface area contributed by atoms with E-state index < -0.39 is 79.3 Å². The van der Waals surface area contributed by atoms with Crippen molar-refractivity contribution in [3.8, 4) is 5.75 Å². The van der Waals surface area contributed by atoms with Crippen molar-refractivity contribution in [1.29, 1.82) is 0 Å². The molecule has 4 N–H and O–H groups in total. The maximum absolute atomic E-state index is 14.1. The summed E-state index contributed by atoms with van der Waals surface area (Å²) in [5.41, 5.74) is -0.821. The molecule has 168 valence electrons. The molecule has 0 saturated heterocycles. The molecule has 0 aromatic heterocycles. The normalized spacial score (nSPS) is 11.9. The summed E-state index contributed by atoms with van der Waals surface area (Å²) in [7, 11) is 0.